The first-order valence-electron chi connectivity index (χ1n) is 9.77. The zero-order valence-electron chi connectivity index (χ0n) is 17.0. The Morgan fingerprint density at radius 1 is 1.09 bits per heavy atom. The average molecular weight is 462 g/mol. The summed E-state index contributed by atoms with van der Waals surface area (Å²) in [6.07, 6.45) is 1.84. The molecule has 0 N–H and O–H groups in total. The second-order valence-electron chi connectivity index (χ2n) is 7.32. The van der Waals surface area contributed by atoms with Crippen LogP contribution in [0.3, 0.4) is 0 Å². The summed E-state index contributed by atoms with van der Waals surface area (Å²) >= 11 is 12.3. The van der Waals surface area contributed by atoms with E-state index >= 15 is 0 Å². The number of hydrogen-bond acceptors (Lipinski definition) is 3. The minimum absolute atomic E-state index is 0.0135. The maximum Gasteiger partial charge on any atom is 0.269 e. The molecule has 0 spiro atoms. The number of nitrogens with zero attached hydrogens (tertiary/aromatic N) is 3. The Kier molecular flexibility index (Phi) is 6.00. The van der Waals surface area contributed by atoms with Crippen molar-refractivity contribution in [2.24, 2.45) is 0 Å². The quantitative estimate of drug-likeness (QED) is 0.178. The molecule has 0 aliphatic heterocycles. The zero-order chi connectivity index (χ0) is 22.8. The summed E-state index contributed by atoms with van der Waals surface area (Å²) in [4.78, 5) is 10.5. The van der Waals surface area contributed by atoms with Gasteiger partial charge in [-0.1, -0.05) is 47.5 Å². The summed E-state index contributed by atoms with van der Waals surface area (Å²) in [7, 11) is 0. The lowest BCUT2D eigenvalue weighted by atomic mass is 10.0. The normalized spacial score (nSPS) is 11.5. The first-order valence-corrected chi connectivity index (χ1v) is 10.5. The van der Waals surface area contributed by atoms with Gasteiger partial charge < -0.3 is 4.57 Å². The van der Waals surface area contributed by atoms with Gasteiger partial charge in [0.25, 0.3) is 5.69 Å². The van der Waals surface area contributed by atoms with Crippen LogP contribution in [0.4, 0.5) is 5.69 Å². The number of fused-ring (bicyclic) bond motifs is 1. The number of halogens is 2. The fourth-order valence-corrected chi connectivity index (χ4v) is 4.07. The zero-order valence-corrected chi connectivity index (χ0v) is 18.6. The monoisotopic (exact) mass is 461 g/mol. The number of nitriles is 1. The summed E-state index contributed by atoms with van der Waals surface area (Å²) in [5.41, 5.74) is 5.00. The molecule has 0 fully saturated rings. The van der Waals surface area contributed by atoms with Crippen molar-refractivity contribution >= 4 is 51.4 Å². The first kappa shape index (κ1) is 21.6. The molecule has 0 amide bonds. The summed E-state index contributed by atoms with van der Waals surface area (Å²) in [5, 5.41) is 22.8. The van der Waals surface area contributed by atoms with E-state index in [1.165, 1.54) is 12.1 Å². The van der Waals surface area contributed by atoms with E-state index in [0.717, 1.165) is 27.7 Å². The second-order valence-corrected chi connectivity index (χ2v) is 8.14. The van der Waals surface area contributed by atoms with E-state index in [9.17, 15) is 15.4 Å². The molecule has 4 aromatic rings. The third-order valence-corrected chi connectivity index (χ3v) is 6.14. The number of nitro groups is 1. The van der Waals surface area contributed by atoms with Crippen molar-refractivity contribution in [3.05, 3.63) is 109 Å². The molecule has 5 nitrogen and oxygen atoms in total. The number of allylic oxidation sites excluding steroid dienone is 1. The fraction of sp³-hybridized carbons (Fsp3) is 0.0800. The van der Waals surface area contributed by atoms with E-state index in [-0.39, 0.29) is 5.69 Å². The summed E-state index contributed by atoms with van der Waals surface area (Å²) in [5.74, 6) is 0. The van der Waals surface area contributed by atoms with Crippen molar-refractivity contribution in [1.82, 2.24) is 4.57 Å². The van der Waals surface area contributed by atoms with Gasteiger partial charge >= 0.3 is 0 Å². The number of benzene rings is 3. The largest absolute Gasteiger partial charge is 0.340 e. The highest BCUT2D eigenvalue weighted by atomic mass is 35.5. The molecule has 0 aliphatic rings. The Balaban J connectivity index is 1.82. The smallest absolute Gasteiger partial charge is 0.269 e. The van der Waals surface area contributed by atoms with Gasteiger partial charge in [0, 0.05) is 40.8 Å². The second kappa shape index (κ2) is 8.88. The molecule has 32 heavy (non-hydrogen) atoms. The van der Waals surface area contributed by atoms with Gasteiger partial charge in [0.1, 0.15) is 0 Å². The number of hydrogen-bond donors (Lipinski definition) is 0. The summed E-state index contributed by atoms with van der Waals surface area (Å²) in [6, 6.07) is 21.8. The van der Waals surface area contributed by atoms with Crippen LogP contribution in [0.5, 0.6) is 0 Å². The van der Waals surface area contributed by atoms with E-state index in [4.69, 9.17) is 23.2 Å². The van der Waals surface area contributed by atoms with Gasteiger partial charge in [-0.25, -0.2) is 0 Å². The van der Waals surface area contributed by atoms with Crippen molar-refractivity contribution in [2.75, 3.05) is 0 Å². The van der Waals surface area contributed by atoms with E-state index in [1.54, 1.807) is 18.2 Å². The van der Waals surface area contributed by atoms with Crippen LogP contribution >= 0.6 is 23.2 Å². The van der Waals surface area contributed by atoms with Crippen LogP contribution in [-0.2, 0) is 6.54 Å². The summed E-state index contributed by atoms with van der Waals surface area (Å²) < 4.78 is 2.17. The minimum atomic E-state index is -0.458. The van der Waals surface area contributed by atoms with Gasteiger partial charge in [-0.15, -0.1) is 0 Å². The molecular formula is C25H17Cl2N3O2. The Hall–Kier alpha value is -3.59. The molecule has 158 valence electrons. The molecule has 1 aromatic heterocycles. The van der Waals surface area contributed by atoms with Gasteiger partial charge in [-0.05, 0) is 54.5 Å². The van der Waals surface area contributed by atoms with Crippen molar-refractivity contribution in [3.63, 3.8) is 0 Å². The van der Waals surface area contributed by atoms with Crippen molar-refractivity contribution in [1.29, 1.82) is 5.26 Å². The Bertz CT molecular complexity index is 1410. The molecule has 0 radical (unpaired) electrons. The lowest BCUT2D eigenvalue weighted by molar-refractivity contribution is -0.384. The van der Waals surface area contributed by atoms with Crippen LogP contribution in [-0.4, -0.2) is 9.49 Å². The van der Waals surface area contributed by atoms with E-state index in [1.807, 2.05) is 49.4 Å². The van der Waals surface area contributed by atoms with Gasteiger partial charge in [0.2, 0.25) is 0 Å². The molecule has 7 heteroatoms. The third-order valence-electron chi connectivity index (χ3n) is 5.40. The van der Waals surface area contributed by atoms with Crippen LogP contribution in [0.1, 0.15) is 22.4 Å². The van der Waals surface area contributed by atoms with Crippen LogP contribution in [0, 0.1) is 28.4 Å². The van der Waals surface area contributed by atoms with E-state index in [0.29, 0.717) is 27.7 Å². The molecular weight excluding hydrogens is 445 g/mol. The predicted octanol–water partition coefficient (Wildman–Crippen LogP) is 7.28. The number of nitro benzene ring substituents is 1. The number of rotatable bonds is 5. The Morgan fingerprint density at radius 3 is 2.47 bits per heavy atom. The molecule has 0 saturated carbocycles. The van der Waals surface area contributed by atoms with Crippen molar-refractivity contribution in [3.8, 4) is 6.07 Å². The molecule has 0 bridgehead atoms. The number of para-hydroxylation sites is 1. The molecule has 4 rings (SSSR count). The predicted molar refractivity (Wildman–Crippen MR) is 129 cm³/mol. The Morgan fingerprint density at radius 2 is 1.81 bits per heavy atom. The topological polar surface area (TPSA) is 71.9 Å². The van der Waals surface area contributed by atoms with Gasteiger partial charge in [-0.2, -0.15) is 5.26 Å². The maximum absolute atomic E-state index is 10.9. The molecule has 0 unspecified atom stereocenters. The first-order chi connectivity index (χ1) is 15.4. The highest BCUT2D eigenvalue weighted by Gasteiger charge is 2.15. The van der Waals surface area contributed by atoms with Crippen molar-refractivity contribution in [2.45, 2.75) is 13.5 Å². The van der Waals surface area contributed by atoms with Gasteiger partial charge in [0.05, 0.1) is 26.6 Å². The lowest BCUT2D eigenvalue weighted by Crippen LogP contribution is -2.02. The highest BCUT2D eigenvalue weighted by molar-refractivity contribution is 6.42. The van der Waals surface area contributed by atoms with Crippen LogP contribution in [0.25, 0.3) is 22.6 Å². The lowest BCUT2D eigenvalue weighted by Gasteiger charge is -2.10. The van der Waals surface area contributed by atoms with Gasteiger partial charge in [0.15, 0.2) is 0 Å². The Labute approximate surface area is 194 Å². The third kappa shape index (κ3) is 4.11. The van der Waals surface area contributed by atoms with Crippen LogP contribution < -0.4 is 0 Å². The number of non-ortho nitro benzene ring substituents is 1. The molecule has 0 aliphatic carbocycles. The minimum Gasteiger partial charge on any atom is -0.340 e. The number of aromatic nitrogens is 1. The van der Waals surface area contributed by atoms with Crippen LogP contribution in [0.2, 0.25) is 10.0 Å². The summed E-state index contributed by atoms with van der Waals surface area (Å²) in [6.45, 7) is 2.60. The average Bonchev–Trinajstić information content (AvgIpc) is 3.05. The standard InChI is InChI=1S/C25H17Cl2N3O2/c1-16-22(13-19(14-28)18-7-9-20(10-8-18)30(31)32)21-4-2-3-5-25(21)29(16)15-17-6-11-23(26)24(27)12-17/h2-13H,15H2,1H3/b19-13+. The van der Waals surface area contributed by atoms with Crippen molar-refractivity contribution < 1.29 is 4.92 Å². The van der Waals surface area contributed by atoms with E-state index in [2.05, 4.69) is 10.6 Å². The van der Waals surface area contributed by atoms with Crippen LogP contribution in [0.15, 0.2) is 66.7 Å². The molecule has 0 atom stereocenters. The molecule has 3 aromatic carbocycles. The molecule has 1 heterocycles. The SMILES string of the molecule is Cc1c(/C=C(\C#N)c2ccc([N+](=O)[O-])cc2)c2ccccc2n1Cc1ccc(Cl)c(Cl)c1. The van der Waals surface area contributed by atoms with Gasteiger partial charge in [-0.3, -0.25) is 10.1 Å². The highest BCUT2D eigenvalue weighted by Crippen LogP contribution is 2.31. The van der Waals surface area contributed by atoms with E-state index < -0.39 is 4.92 Å². The fourth-order valence-electron chi connectivity index (χ4n) is 3.75. The molecule has 0 saturated heterocycles. The maximum atomic E-state index is 10.9.